The number of piperidine rings is 1. The average Bonchev–Trinajstić information content (AvgIpc) is 3.41. The average molecular weight is 592 g/mol. The van der Waals surface area contributed by atoms with Crippen molar-refractivity contribution in [1.29, 1.82) is 0 Å². The number of rotatable bonds is 12. The minimum absolute atomic E-state index is 0.0660. The fourth-order valence-electron chi connectivity index (χ4n) is 5.72. The van der Waals surface area contributed by atoms with Crippen molar-refractivity contribution in [3.63, 3.8) is 0 Å². The lowest BCUT2D eigenvalue weighted by atomic mass is 9.71. The highest BCUT2D eigenvalue weighted by molar-refractivity contribution is 5.94. The first-order chi connectivity index (χ1) is 20.6. The normalized spacial score (nSPS) is 15.5. The number of unbranched alkanes of at least 4 members (excludes halogenated alkanes) is 1. The van der Waals surface area contributed by atoms with E-state index in [1.54, 1.807) is 4.90 Å². The molecule has 1 aliphatic heterocycles. The van der Waals surface area contributed by atoms with Crippen molar-refractivity contribution in [2.24, 2.45) is 0 Å². The molecule has 1 fully saturated rings. The summed E-state index contributed by atoms with van der Waals surface area (Å²) in [6.07, 6.45) is 2.73. The van der Waals surface area contributed by atoms with Crippen molar-refractivity contribution in [2.75, 3.05) is 26.2 Å². The van der Waals surface area contributed by atoms with E-state index in [1.165, 1.54) is 13.8 Å². The van der Waals surface area contributed by atoms with E-state index in [-0.39, 0.29) is 24.8 Å². The SMILES string of the molecule is CC(C)(NC(=O)O)C(=O)N[C@H](Cc1c[nH]c2ccccc12)C(=O)N1CCC(C(=O)NCCCCO)(c2ccccc2)CC1. The third kappa shape index (κ3) is 7.34. The van der Waals surface area contributed by atoms with E-state index in [2.05, 4.69) is 20.9 Å². The van der Waals surface area contributed by atoms with Crippen molar-refractivity contribution in [3.05, 3.63) is 71.9 Å². The molecule has 1 saturated heterocycles. The summed E-state index contributed by atoms with van der Waals surface area (Å²) in [5.41, 5.74) is 0.338. The summed E-state index contributed by atoms with van der Waals surface area (Å²) in [5.74, 6) is -1.02. The van der Waals surface area contributed by atoms with E-state index in [0.29, 0.717) is 45.3 Å². The Morgan fingerprint density at radius 1 is 1.00 bits per heavy atom. The van der Waals surface area contributed by atoms with Gasteiger partial charge in [0.15, 0.2) is 0 Å². The summed E-state index contributed by atoms with van der Waals surface area (Å²) in [6, 6.07) is 16.3. The molecule has 1 aliphatic rings. The maximum Gasteiger partial charge on any atom is 0.405 e. The van der Waals surface area contributed by atoms with Gasteiger partial charge in [-0.2, -0.15) is 0 Å². The van der Waals surface area contributed by atoms with Gasteiger partial charge in [0.2, 0.25) is 17.7 Å². The lowest BCUT2D eigenvalue weighted by Gasteiger charge is -2.42. The third-order valence-electron chi connectivity index (χ3n) is 8.25. The number of carboxylic acid groups (broad SMARTS) is 1. The summed E-state index contributed by atoms with van der Waals surface area (Å²) in [6.45, 7) is 4.01. The lowest BCUT2D eigenvalue weighted by Crippen LogP contribution is -2.61. The number of nitrogens with one attached hydrogen (secondary N) is 4. The first-order valence-corrected chi connectivity index (χ1v) is 14.7. The summed E-state index contributed by atoms with van der Waals surface area (Å²) >= 11 is 0. The Hall–Kier alpha value is -4.38. The van der Waals surface area contributed by atoms with E-state index >= 15 is 0 Å². The predicted molar refractivity (Wildman–Crippen MR) is 162 cm³/mol. The third-order valence-corrected chi connectivity index (χ3v) is 8.25. The number of carbonyl (C=O) groups is 4. The number of fused-ring (bicyclic) bond motifs is 1. The molecule has 43 heavy (non-hydrogen) atoms. The van der Waals surface area contributed by atoms with Crippen LogP contribution in [0.15, 0.2) is 60.8 Å². The van der Waals surface area contributed by atoms with Crippen molar-refractivity contribution < 1.29 is 29.4 Å². The Morgan fingerprint density at radius 2 is 1.67 bits per heavy atom. The fraction of sp³-hybridized carbons (Fsp3) is 0.438. The summed E-state index contributed by atoms with van der Waals surface area (Å²) in [4.78, 5) is 57.0. The first kappa shape index (κ1) is 31.6. The Morgan fingerprint density at radius 3 is 2.35 bits per heavy atom. The molecule has 0 bridgehead atoms. The van der Waals surface area contributed by atoms with Crippen LogP contribution in [0.3, 0.4) is 0 Å². The number of aromatic amines is 1. The van der Waals surface area contributed by atoms with Gasteiger partial charge in [-0.15, -0.1) is 0 Å². The van der Waals surface area contributed by atoms with Crippen molar-refractivity contribution >= 4 is 34.7 Å². The predicted octanol–water partition coefficient (Wildman–Crippen LogP) is 2.69. The molecule has 0 aliphatic carbocycles. The van der Waals surface area contributed by atoms with E-state index in [1.807, 2.05) is 60.8 Å². The Kier molecular flexibility index (Phi) is 10.1. The van der Waals surface area contributed by atoms with Gasteiger partial charge in [-0.25, -0.2) is 4.79 Å². The zero-order valence-electron chi connectivity index (χ0n) is 24.7. The van der Waals surface area contributed by atoms with Crippen LogP contribution in [-0.2, 0) is 26.2 Å². The topological polar surface area (TPSA) is 164 Å². The second-order valence-corrected chi connectivity index (χ2v) is 11.6. The highest BCUT2D eigenvalue weighted by atomic mass is 16.4. The number of amides is 4. The molecular weight excluding hydrogens is 550 g/mol. The molecule has 11 heteroatoms. The van der Waals surface area contributed by atoms with Crippen molar-refractivity contribution in [2.45, 2.75) is 62.9 Å². The molecule has 3 aromatic rings. The number of carbonyl (C=O) groups excluding carboxylic acids is 3. The summed E-state index contributed by atoms with van der Waals surface area (Å²) in [7, 11) is 0. The Balaban J connectivity index is 1.56. The molecule has 4 rings (SSSR count). The zero-order chi connectivity index (χ0) is 31.0. The lowest BCUT2D eigenvalue weighted by molar-refractivity contribution is -0.140. The second kappa shape index (κ2) is 13.7. The van der Waals surface area contributed by atoms with Gasteiger partial charge in [0.1, 0.15) is 11.6 Å². The maximum atomic E-state index is 14.0. The minimum Gasteiger partial charge on any atom is -0.465 e. The second-order valence-electron chi connectivity index (χ2n) is 11.6. The van der Waals surface area contributed by atoms with Crippen molar-refractivity contribution in [1.82, 2.24) is 25.8 Å². The van der Waals surface area contributed by atoms with Crippen LogP contribution in [0.2, 0.25) is 0 Å². The van der Waals surface area contributed by atoms with Gasteiger partial charge in [0.05, 0.1) is 5.41 Å². The summed E-state index contributed by atoms with van der Waals surface area (Å²) in [5, 5.41) is 27.3. The van der Waals surface area contributed by atoms with Gasteiger partial charge < -0.3 is 36.0 Å². The molecule has 6 N–H and O–H groups in total. The summed E-state index contributed by atoms with van der Waals surface area (Å²) < 4.78 is 0. The number of hydrogen-bond donors (Lipinski definition) is 6. The number of aliphatic hydroxyl groups excluding tert-OH is 1. The van der Waals surface area contributed by atoms with Gasteiger partial charge in [-0.1, -0.05) is 48.5 Å². The number of benzene rings is 2. The number of aromatic nitrogens is 1. The van der Waals surface area contributed by atoms with E-state index in [0.717, 1.165) is 22.0 Å². The first-order valence-electron chi connectivity index (χ1n) is 14.7. The van der Waals surface area contributed by atoms with Crippen LogP contribution in [-0.4, -0.2) is 81.7 Å². The standard InChI is InChI=1S/C32H41N5O6/c1-31(2,36-30(42)43)28(40)35-26(20-22-21-34-25-13-7-6-12-24(22)25)27(39)37-17-14-32(15-18-37,23-10-4-3-5-11-23)29(41)33-16-8-9-19-38/h3-7,10-13,21,26,34,36,38H,8-9,14-20H2,1-2H3,(H,33,41)(H,35,40)(H,42,43)/t26-/m1/s1. The molecule has 0 spiro atoms. The van der Waals surface area contributed by atoms with Crippen LogP contribution in [0.1, 0.15) is 50.7 Å². The number of para-hydroxylation sites is 1. The molecule has 4 amide bonds. The molecule has 11 nitrogen and oxygen atoms in total. The molecule has 1 aromatic heterocycles. The molecule has 0 unspecified atom stereocenters. The largest absolute Gasteiger partial charge is 0.465 e. The van der Waals surface area contributed by atoms with Crippen LogP contribution < -0.4 is 16.0 Å². The van der Waals surface area contributed by atoms with E-state index in [4.69, 9.17) is 5.11 Å². The molecule has 2 aromatic carbocycles. The maximum absolute atomic E-state index is 14.0. The smallest absolute Gasteiger partial charge is 0.405 e. The van der Waals surface area contributed by atoms with Crippen LogP contribution >= 0.6 is 0 Å². The molecular formula is C32H41N5O6. The number of likely N-dealkylation sites (tertiary alicyclic amines) is 1. The molecule has 0 saturated carbocycles. The number of nitrogens with zero attached hydrogens (tertiary/aromatic N) is 1. The number of aliphatic hydroxyl groups is 1. The highest BCUT2D eigenvalue weighted by Crippen LogP contribution is 2.36. The van der Waals surface area contributed by atoms with Crippen LogP contribution in [0.4, 0.5) is 4.79 Å². The van der Waals surface area contributed by atoms with E-state index < -0.39 is 29.0 Å². The monoisotopic (exact) mass is 591 g/mol. The van der Waals surface area contributed by atoms with Gasteiger partial charge >= 0.3 is 6.09 Å². The molecule has 1 atom stereocenters. The van der Waals surface area contributed by atoms with Crippen molar-refractivity contribution in [3.8, 4) is 0 Å². The van der Waals surface area contributed by atoms with Crippen LogP contribution in [0.25, 0.3) is 10.9 Å². The fourth-order valence-corrected chi connectivity index (χ4v) is 5.72. The Labute approximate surface area is 251 Å². The zero-order valence-corrected chi connectivity index (χ0v) is 24.7. The molecule has 2 heterocycles. The van der Waals surface area contributed by atoms with Gasteiger partial charge in [0, 0.05) is 49.8 Å². The molecule has 0 radical (unpaired) electrons. The van der Waals surface area contributed by atoms with Gasteiger partial charge in [-0.3, -0.25) is 14.4 Å². The number of hydrogen-bond acceptors (Lipinski definition) is 5. The minimum atomic E-state index is -1.47. The van der Waals surface area contributed by atoms with E-state index in [9.17, 15) is 24.3 Å². The van der Waals surface area contributed by atoms with Gasteiger partial charge in [0.25, 0.3) is 0 Å². The Bertz CT molecular complexity index is 1430. The number of H-pyrrole nitrogens is 1. The van der Waals surface area contributed by atoms with Crippen LogP contribution in [0, 0.1) is 0 Å². The highest BCUT2D eigenvalue weighted by Gasteiger charge is 2.44. The molecule has 230 valence electrons. The quantitative estimate of drug-likeness (QED) is 0.177. The van der Waals surface area contributed by atoms with Crippen LogP contribution in [0.5, 0.6) is 0 Å². The van der Waals surface area contributed by atoms with Gasteiger partial charge in [-0.05, 0) is 56.7 Å².